The van der Waals surface area contributed by atoms with E-state index in [1.807, 2.05) is 79.7 Å². The molecular weight excluding hydrogens is 888 g/mol. The van der Waals surface area contributed by atoms with Crippen molar-refractivity contribution < 1.29 is 25.8 Å². The molecule has 3 heterocycles. The van der Waals surface area contributed by atoms with Crippen LogP contribution in [0.25, 0.3) is 101 Å². The van der Waals surface area contributed by atoms with Crippen LogP contribution in [0.3, 0.4) is 0 Å². The van der Waals surface area contributed by atoms with Gasteiger partial charge in [-0.15, -0.1) is 0 Å². The molecule has 10 rings (SSSR count). The van der Waals surface area contributed by atoms with Crippen molar-refractivity contribution in [3.05, 3.63) is 230 Å². The normalized spacial score (nSPS) is 11.6. The largest absolute Gasteiger partial charge is 0.534 e. The quantitative estimate of drug-likeness (QED) is 0.0949. The molecule has 10 aromatic rings. The van der Waals surface area contributed by atoms with E-state index in [0.717, 1.165) is 78.1 Å². The lowest BCUT2D eigenvalue weighted by atomic mass is 9.86. The maximum Gasteiger partial charge on any atom is 0.534 e. The van der Waals surface area contributed by atoms with E-state index in [-0.39, 0.29) is 5.56 Å². The lowest BCUT2D eigenvalue weighted by Crippen LogP contribution is -2.28. The van der Waals surface area contributed by atoms with Crippen molar-refractivity contribution in [2.45, 2.75) is 12.4 Å². The Hall–Kier alpha value is -8.47. The Bertz CT molecular complexity index is 3440. The molecule has 0 aliphatic rings. The fraction of sp³-hybridized carbons (Fsp3) is 0.0339. The van der Waals surface area contributed by atoms with Crippen molar-refractivity contribution in [1.82, 2.24) is 15.0 Å². The molecule has 0 amide bonds. The van der Waals surface area contributed by atoms with Crippen LogP contribution < -0.4 is 4.18 Å². The van der Waals surface area contributed by atoms with Gasteiger partial charge in [0.15, 0.2) is 5.75 Å². The molecule has 0 aliphatic carbocycles. The predicted octanol–water partition coefficient (Wildman–Crippen LogP) is 15.4. The number of alkyl halides is 3. The van der Waals surface area contributed by atoms with Crippen LogP contribution in [0.4, 0.5) is 13.2 Å². The topological polar surface area (TPSA) is 82.0 Å². The van der Waals surface area contributed by atoms with Crippen LogP contribution in [0.15, 0.2) is 225 Å². The molecule has 336 valence electrons. The summed E-state index contributed by atoms with van der Waals surface area (Å²) in [5.74, 6) is -0.490. The van der Waals surface area contributed by atoms with Gasteiger partial charge in [0.2, 0.25) is 0 Å². The zero-order valence-corrected chi connectivity index (χ0v) is 37.8. The number of hydrogen-bond donors (Lipinski definition) is 0. The second-order valence-corrected chi connectivity index (χ2v) is 18.0. The molecule has 0 spiro atoms. The molecule has 0 saturated heterocycles. The first-order valence-corrected chi connectivity index (χ1v) is 23.5. The third-order valence-corrected chi connectivity index (χ3v) is 12.9. The van der Waals surface area contributed by atoms with Gasteiger partial charge in [0.1, 0.15) is 0 Å². The van der Waals surface area contributed by atoms with E-state index in [1.165, 1.54) is 6.07 Å². The Labute approximate surface area is 398 Å². The third kappa shape index (κ3) is 9.30. The summed E-state index contributed by atoms with van der Waals surface area (Å²) >= 11 is 0. The standard InChI is InChI=1S/C59H40F3N3O3S/c1-39-30-33-65-57(34-39)44-28-29-54(58(38-44)68-69(66,67)59(60,61)62)53-17-7-6-16-52(53)47-36-45(50-14-4-2-12-48(50)40-20-24-42(25-21-40)55-18-8-10-31-63-55)35-46(37-47)51-15-5-3-13-49(51)41-22-26-43(27-23-41)56-19-9-11-32-64-56/h2-38H,1H3. The van der Waals surface area contributed by atoms with Gasteiger partial charge in [0.25, 0.3) is 0 Å². The number of pyridine rings is 3. The summed E-state index contributed by atoms with van der Waals surface area (Å²) in [7, 11) is -6.08. The summed E-state index contributed by atoms with van der Waals surface area (Å²) in [6, 6.07) is 66.1. The molecule has 0 bridgehead atoms. The predicted molar refractivity (Wildman–Crippen MR) is 269 cm³/mol. The highest BCUT2D eigenvalue weighted by Gasteiger charge is 2.49. The van der Waals surface area contributed by atoms with E-state index in [9.17, 15) is 21.6 Å². The van der Waals surface area contributed by atoms with Crippen LogP contribution in [0.2, 0.25) is 0 Å². The van der Waals surface area contributed by atoms with E-state index in [0.29, 0.717) is 22.4 Å². The molecule has 69 heavy (non-hydrogen) atoms. The zero-order valence-electron chi connectivity index (χ0n) is 37.0. The van der Waals surface area contributed by atoms with Crippen molar-refractivity contribution in [3.8, 4) is 106 Å². The van der Waals surface area contributed by atoms with Crippen LogP contribution in [0.5, 0.6) is 5.75 Å². The van der Waals surface area contributed by atoms with Crippen molar-refractivity contribution in [1.29, 1.82) is 0 Å². The van der Waals surface area contributed by atoms with Gasteiger partial charge in [0, 0.05) is 40.8 Å². The van der Waals surface area contributed by atoms with Gasteiger partial charge in [-0.1, -0.05) is 140 Å². The third-order valence-electron chi connectivity index (χ3n) is 11.9. The first kappa shape index (κ1) is 44.4. The molecule has 6 nitrogen and oxygen atoms in total. The number of aromatic nitrogens is 3. The SMILES string of the molecule is Cc1ccnc(-c2ccc(-c3ccccc3-c3cc(-c4ccccc4-c4ccc(-c5ccccn5)cc4)cc(-c4ccccc4-c4ccc(-c5ccccn5)cc4)c3)c(OS(=O)(=O)C(F)(F)F)c2)c1. The van der Waals surface area contributed by atoms with Gasteiger partial charge >= 0.3 is 15.6 Å². The molecule has 0 radical (unpaired) electrons. The van der Waals surface area contributed by atoms with Crippen LogP contribution in [0.1, 0.15) is 5.56 Å². The number of benzene rings is 7. The van der Waals surface area contributed by atoms with Crippen LogP contribution in [-0.4, -0.2) is 28.9 Å². The van der Waals surface area contributed by atoms with Gasteiger partial charge in [-0.3, -0.25) is 15.0 Å². The first-order chi connectivity index (χ1) is 33.5. The second-order valence-electron chi connectivity index (χ2n) is 16.4. The van der Waals surface area contributed by atoms with E-state index in [4.69, 9.17) is 4.18 Å². The minimum atomic E-state index is -6.08. The van der Waals surface area contributed by atoms with Crippen molar-refractivity contribution in [2.24, 2.45) is 0 Å². The maximum atomic E-state index is 14.1. The lowest BCUT2D eigenvalue weighted by molar-refractivity contribution is -0.0499. The van der Waals surface area contributed by atoms with Crippen molar-refractivity contribution >= 4 is 10.1 Å². The van der Waals surface area contributed by atoms with Crippen molar-refractivity contribution in [3.63, 3.8) is 0 Å². The second kappa shape index (κ2) is 18.7. The van der Waals surface area contributed by atoms with E-state index < -0.39 is 21.4 Å². The van der Waals surface area contributed by atoms with Gasteiger partial charge in [-0.2, -0.15) is 21.6 Å². The zero-order chi connectivity index (χ0) is 47.5. The average Bonchev–Trinajstić information content (AvgIpc) is 3.39. The van der Waals surface area contributed by atoms with E-state index in [1.54, 1.807) is 55.0 Å². The summed E-state index contributed by atoms with van der Waals surface area (Å²) in [6.45, 7) is 1.86. The Morgan fingerprint density at radius 3 is 1.19 bits per heavy atom. The van der Waals surface area contributed by atoms with Crippen LogP contribution in [0, 0.1) is 6.92 Å². The Kier molecular flexibility index (Phi) is 12.0. The molecule has 7 aromatic carbocycles. The highest BCUT2D eigenvalue weighted by Crippen LogP contribution is 2.45. The summed E-state index contributed by atoms with van der Waals surface area (Å²) in [4.78, 5) is 13.5. The molecule has 3 aromatic heterocycles. The molecule has 0 aliphatic heterocycles. The lowest BCUT2D eigenvalue weighted by Gasteiger charge is -2.19. The van der Waals surface area contributed by atoms with Crippen molar-refractivity contribution in [2.75, 3.05) is 0 Å². The smallest absolute Gasteiger partial charge is 0.375 e. The monoisotopic (exact) mass is 927 g/mol. The van der Waals surface area contributed by atoms with Gasteiger partial charge in [0.05, 0.1) is 17.1 Å². The first-order valence-electron chi connectivity index (χ1n) is 22.0. The van der Waals surface area contributed by atoms with Crippen LogP contribution >= 0.6 is 0 Å². The van der Waals surface area contributed by atoms with E-state index in [2.05, 4.69) is 106 Å². The molecule has 0 unspecified atom stereocenters. The summed E-state index contributed by atoms with van der Waals surface area (Å²) in [5, 5.41) is 0. The molecule has 0 N–H and O–H groups in total. The molecule has 0 atom stereocenters. The Morgan fingerprint density at radius 2 is 0.754 bits per heavy atom. The Morgan fingerprint density at radius 1 is 0.362 bits per heavy atom. The molecule has 0 fully saturated rings. The van der Waals surface area contributed by atoms with E-state index >= 15 is 0 Å². The average molecular weight is 928 g/mol. The fourth-order valence-electron chi connectivity index (χ4n) is 8.58. The fourth-order valence-corrected chi connectivity index (χ4v) is 9.05. The molecule has 10 heteroatoms. The number of nitrogens with zero attached hydrogens (tertiary/aromatic N) is 3. The molecular formula is C59H40F3N3O3S. The highest BCUT2D eigenvalue weighted by molar-refractivity contribution is 7.88. The molecule has 0 saturated carbocycles. The number of halogens is 3. The van der Waals surface area contributed by atoms with Gasteiger partial charge < -0.3 is 4.18 Å². The minimum absolute atomic E-state index is 0.142. The summed E-state index contributed by atoms with van der Waals surface area (Å²) in [5.41, 5.74) is 9.22. The minimum Gasteiger partial charge on any atom is -0.375 e. The van der Waals surface area contributed by atoms with Gasteiger partial charge in [-0.25, -0.2) is 0 Å². The highest BCUT2D eigenvalue weighted by atomic mass is 32.2. The Balaban J connectivity index is 1.16. The number of rotatable bonds is 11. The summed E-state index contributed by atoms with van der Waals surface area (Å²) in [6.07, 6.45) is 5.12. The van der Waals surface area contributed by atoms with Crippen LogP contribution in [-0.2, 0) is 10.1 Å². The number of hydrogen-bond acceptors (Lipinski definition) is 6. The summed E-state index contributed by atoms with van der Waals surface area (Å²) < 4.78 is 72.8. The van der Waals surface area contributed by atoms with Gasteiger partial charge in [-0.05, 0) is 140 Å². The maximum absolute atomic E-state index is 14.1. The number of aryl methyl sites for hydroxylation is 1.